The third-order valence-corrected chi connectivity index (χ3v) is 2.80. The molecule has 1 aromatic rings. The summed E-state index contributed by atoms with van der Waals surface area (Å²) in [5.41, 5.74) is 6.83. The van der Waals surface area contributed by atoms with Gasteiger partial charge < -0.3 is 5.73 Å². The van der Waals surface area contributed by atoms with Gasteiger partial charge in [0.05, 0.1) is 5.69 Å². The molecule has 0 aliphatic carbocycles. The lowest BCUT2D eigenvalue weighted by atomic mass is 9.92. The van der Waals surface area contributed by atoms with Crippen LogP contribution in [0.1, 0.15) is 37.8 Å². The van der Waals surface area contributed by atoms with Gasteiger partial charge in [0.2, 0.25) is 0 Å². The minimum absolute atomic E-state index is 0.178. The standard InChI is InChI=1S/C10H18N2S/c1-10(2,3)9-7-8(13-12-9)5-4-6-11/h7H,4-6,11H2,1-3H3. The number of nitrogens with two attached hydrogens (primary N) is 1. The van der Waals surface area contributed by atoms with Gasteiger partial charge in [0.1, 0.15) is 0 Å². The van der Waals surface area contributed by atoms with E-state index in [0.29, 0.717) is 0 Å². The molecule has 0 fully saturated rings. The molecule has 0 radical (unpaired) electrons. The number of hydrogen-bond donors (Lipinski definition) is 1. The van der Waals surface area contributed by atoms with Gasteiger partial charge in [-0.3, -0.25) is 0 Å². The fourth-order valence-electron chi connectivity index (χ4n) is 1.06. The Morgan fingerprint density at radius 3 is 2.62 bits per heavy atom. The Bertz CT molecular complexity index is 260. The normalized spacial score (nSPS) is 12.0. The Labute approximate surface area is 84.3 Å². The minimum Gasteiger partial charge on any atom is -0.330 e. The molecular weight excluding hydrogens is 180 g/mol. The van der Waals surface area contributed by atoms with Crippen LogP contribution in [0.25, 0.3) is 0 Å². The van der Waals surface area contributed by atoms with Gasteiger partial charge in [-0.1, -0.05) is 20.8 Å². The van der Waals surface area contributed by atoms with Gasteiger partial charge in [0.25, 0.3) is 0 Å². The van der Waals surface area contributed by atoms with Gasteiger partial charge in [-0.25, -0.2) is 0 Å². The molecule has 0 saturated heterocycles. The van der Waals surface area contributed by atoms with Crippen LogP contribution in [0.4, 0.5) is 0 Å². The van der Waals surface area contributed by atoms with Crippen LogP contribution < -0.4 is 5.73 Å². The topological polar surface area (TPSA) is 38.9 Å². The molecule has 3 heteroatoms. The zero-order chi connectivity index (χ0) is 9.90. The molecule has 2 N–H and O–H groups in total. The van der Waals surface area contributed by atoms with Crippen LogP contribution in [-0.4, -0.2) is 10.9 Å². The lowest BCUT2D eigenvalue weighted by Gasteiger charge is -2.13. The fourth-order valence-corrected chi connectivity index (χ4v) is 2.00. The van der Waals surface area contributed by atoms with Gasteiger partial charge in [-0.15, -0.1) is 0 Å². The molecule has 0 spiro atoms. The van der Waals surface area contributed by atoms with Crippen LogP contribution in [0.2, 0.25) is 0 Å². The molecule has 1 rings (SSSR count). The van der Waals surface area contributed by atoms with Crippen molar-refractivity contribution in [2.24, 2.45) is 5.73 Å². The number of hydrogen-bond acceptors (Lipinski definition) is 3. The molecule has 0 saturated carbocycles. The van der Waals surface area contributed by atoms with Crippen molar-refractivity contribution in [3.8, 4) is 0 Å². The lowest BCUT2D eigenvalue weighted by molar-refractivity contribution is 0.575. The second-order valence-electron chi connectivity index (χ2n) is 4.32. The molecule has 1 heterocycles. The van der Waals surface area contributed by atoms with E-state index in [2.05, 4.69) is 31.2 Å². The van der Waals surface area contributed by atoms with Crippen LogP contribution in [0, 0.1) is 0 Å². The summed E-state index contributed by atoms with van der Waals surface area (Å²) in [5, 5.41) is 0. The van der Waals surface area contributed by atoms with Crippen molar-refractivity contribution in [2.75, 3.05) is 6.54 Å². The number of aryl methyl sites for hydroxylation is 1. The highest BCUT2D eigenvalue weighted by Crippen LogP contribution is 2.24. The van der Waals surface area contributed by atoms with Gasteiger partial charge >= 0.3 is 0 Å². The number of nitrogens with zero attached hydrogens (tertiary/aromatic N) is 1. The quantitative estimate of drug-likeness (QED) is 0.809. The molecule has 0 amide bonds. The summed E-state index contributed by atoms with van der Waals surface area (Å²) in [5.74, 6) is 0. The monoisotopic (exact) mass is 198 g/mol. The summed E-state index contributed by atoms with van der Waals surface area (Å²) >= 11 is 1.61. The number of rotatable bonds is 3. The highest BCUT2D eigenvalue weighted by Gasteiger charge is 2.16. The van der Waals surface area contributed by atoms with Crippen LogP contribution in [0.5, 0.6) is 0 Å². The molecule has 13 heavy (non-hydrogen) atoms. The van der Waals surface area contributed by atoms with Crippen LogP contribution in [-0.2, 0) is 11.8 Å². The van der Waals surface area contributed by atoms with Crippen LogP contribution in [0.3, 0.4) is 0 Å². The van der Waals surface area contributed by atoms with Crippen LogP contribution >= 0.6 is 11.5 Å². The molecular formula is C10H18N2S. The predicted octanol–water partition coefficient (Wildman–Crippen LogP) is 2.33. The maximum atomic E-state index is 5.45. The third-order valence-electron chi connectivity index (χ3n) is 1.95. The summed E-state index contributed by atoms with van der Waals surface area (Å²) in [6, 6.07) is 2.21. The fraction of sp³-hybridized carbons (Fsp3) is 0.700. The second kappa shape index (κ2) is 4.20. The summed E-state index contributed by atoms with van der Waals surface area (Å²) in [4.78, 5) is 1.36. The van der Waals surface area contributed by atoms with E-state index >= 15 is 0 Å². The molecule has 0 aliphatic heterocycles. The molecule has 0 atom stereocenters. The Kier molecular flexibility index (Phi) is 3.45. The van der Waals surface area contributed by atoms with E-state index in [4.69, 9.17) is 5.73 Å². The second-order valence-corrected chi connectivity index (χ2v) is 5.21. The Morgan fingerprint density at radius 2 is 2.15 bits per heavy atom. The highest BCUT2D eigenvalue weighted by atomic mass is 32.1. The maximum Gasteiger partial charge on any atom is 0.0598 e. The first kappa shape index (κ1) is 10.7. The summed E-state index contributed by atoms with van der Waals surface area (Å²) < 4.78 is 4.44. The summed E-state index contributed by atoms with van der Waals surface area (Å²) in [7, 11) is 0. The average Bonchev–Trinajstić information content (AvgIpc) is 2.47. The maximum absolute atomic E-state index is 5.45. The predicted molar refractivity (Wildman–Crippen MR) is 58.2 cm³/mol. The van der Waals surface area contributed by atoms with E-state index in [1.165, 1.54) is 10.6 Å². The van der Waals surface area contributed by atoms with E-state index in [1.54, 1.807) is 11.5 Å². The molecule has 2 nitrogen and oxygen atoms in total. The van der Waals surface area contributed by atoms with Gasteiger partial charge in [-0.05, 0) is 37.0 Å². The van der Waals surface area contributed by atoms with Crippen molar-refractivity contribution in [3.05, 3.63) is 16.6 Å². The average molecular weight is 198 g/mol. The zero-order valence-corrected chi connectivity index (χ0v) is 9.45. The zero-order valence-electron chi connectivity index (χ0n) is 8.63. The van der Waals surface area contributed by atoms with Crippen molar-refractivity contribution in [1.82, 2.24) is 4.37 Å². The molecule has 74 valence electrons. The molecule has 0 bridgehead atoms. The molecule has 0 aromatic carbocycles. The Balaban J connectivity index is 2.64. The van der Waals surface area contributed by atoms with Crippen molar-refractivity contribution in [1.29, 1.82) is 0 Å². The first-order chi connectivity index (χ1) is 6.04. The largest absolute Gasteiger partial charge is 0.330 e. The van der Waals surface area contributed by atoms with Gasteiger partial charge in [0.15, 0.2) is 0 Å². The Morgan fingerprint density at radius 1 is 1.46 bits per heavy atom. The smallest absolute Gasteiger partial charge is 0.0598 e. The minimum atomic E-state index is 0.178. The lowest BCUT2D eigenvalue weighted by Crippen LogP contribution is -2.10. The van der Waals surface area contributed by atoms with Gasteiger partial charge in [-0.2, -0.15) is 4.37 Å². The van der Waals surface area contributed by atoms with Gasteiger partial charge in [0, 0.05) is 10.3 Å². The van der Waals surface area contributed by atoms with E-state index in [-0.39, 0.29) is 5.41 Å². The highest BCUT2D eigenvalue weighted by molar-refractivity contribution is 7.05. The van der Waals surface area contributed by atoms with E-state index in [1.807, 2.05) is 0 Å². The summed E-state index contributed by atoms with van der Waals surface area (Å²) in [6.45, 7) is 7.33. The van der Waals surface area contributed by atoms with E-state index < -0.39 is 0 Å². The van der Waals surface area contributed by atoms with Crippen LogP contribution in [0.15, 0.2) is 6.07 Å². The summed E-state index contributed by atoms with van der Waals surface area (Å²) in [6.07, 6.45) is 2.13. The first-order valence-electron chi connectivity index (χ1n) is 4.70. The molecule has 0 unspecified atom stereocenters. The number of aromatic nitrogens is 1. The van der Waals surface area contributed by atoms with Crippen molar-refractivity contribution in [2.45, 2.75) is 39.0 Å². The van der Waals surface area contributed by atoms with Crippen molar-refractivity contribution in [3.63, 3.8) is 0 Å². The first-order valence-corrected chi connectivity index (χ1v) is 5.47. The molecule has 1 aromatic heterocycles. The third kappa shape index (κ3) is 3.08. The van der Waals surface area contributed by atoms with Crippen molar-refractivity contribution < 1.29 is 0 Å². The SMILES string of the molecule is CC(C)(C)c1cc(CCCN)sn1. The van der Waals surface area contributed by atoms with E-state index in [0.717, 1.165) is 19.4 Å². The Hall–Kier alpha value is -0.410. The van der Waals surface area contributed by atoms with E-state index in [9.17, 15) is 0 Å². The van der Waals surface area contributed by atoms with Crippen molar-refractivity contribution >= 4 is 11.5 Å². The molecule has 0 aliphatic rings.